The fourth-order valence-corrected chi connectivity index (χ4v) is 4.24. The number of ether oxygens (including phenoxy) is 1. The van der Waals surface area contributed by atoms with Gasteiger partial charge in [0.1, 0.15) is 0 Å². The van der Waals surface area contributed by atoms with Crippen molar-refractivity contribution in [2.24, 2.45) is 0 Å². The first-order chi connectivity index (χ1) is 11.2. The summed E-state index contributed by atoms with van der Waals surface area (Å²) < 4.78 is 4.94. The molecule has 4 nitrogen and oxygen atoms in total. The third kappa shape index (κ3) is 7.98. The van der Waals surface area contributed by atoms with Gasteiger partial charge in [-0.15, -0.1) is 0 Å². The van der Waals surface area contributed by atoms with Crippen LogP contribution in [0.1, 0.15) is 86.0 Å². The maximum absolute atomic E-state index is 11.9. The molecule has 0 aromatic carbocycles. The van der Waals surface area contributed by atoms with E-state index < -0.39 is 0 Å². The zero-order valence-electron chi connectivity index (χ0n) is 16.9. The highest BCUT2D eigenvalue weighted by Gasteiger charge is 2.40. The Labute approximate surface area is 149 Å². The van der Waals surface area contributed by atoms with Crippen LogP contribution in [0.25, 0.3) is 0 Å². The summed E-state index contributed by atoms with van der Waals surface area (Å²) in [5, 5.41) is 3.73. The van der Waals surface area contributed by atoms with Gasteiger partial charge in [-0.3, -0.25) is 9.69 Å². The average molecular weight is 341 g/mol. The highest BCUT2D eigenvalue weighted by atomic mass is 16.5. The van der Waals surface area contributed by atoms with E-state index in [9.17, 15) is 4.79 Å². The summed E-state index contributed by atoms with van der Waals surface area (Å²) in [6, 6.07) is 0.436. The van der Waals surface area contributed by atoms with Crippen molar-refractivity contribution in [3.63, 3.8) is 0 Å². The third-order valence-electron chi connectivity index (χ3n) is 5.04. The minimum Gasteiger partial charge on any atom is -0.468 e. The molecule has 0 aromatic heterocycles. The number of nitrogens with zero attached hydrogens (tertiary/aromatic N) is 1. The first-order valence-corrected chi connectivity index (χ1v) is 9.79. The van der Waals surface area contributed by atoms with Crippen molar-refractivity contribution in [2.75, 3.05) is 20.2 Å². The second kappa shape index (κ2) is 9.76. The predicted octanol–water partition coefficient (Wildman–Crippen LogP) is 4.13. The maximum atomic E-state index is 11.9. The van der Waals surface area contributed by atoms with Crippen molar-refractivity contribution in [2.45, 2.75) is 103 Å². The topological polar surface area (TPSA) is 41.6 Å². The normalized spacial score (nSPS) is 20.3. The summed E-state index contributed by atoms with van der Waals surface area (Å²) in [7, 11) is 1.49. The van der Waals surface area contributed by atoms with Gasteiger partial charge in [0.15, 0.2) is 0 Å². The number of unbranched alkanes of at least 4 members (excludes halogenated alkanes) is 5. The highest BCUT2D eigenvalue weighted by Crippen LogP contribution is 2.31. The Balaban J connectivity index is 2.61. The second-order valence-corrected chi connectivity index (χ2v) is 8.77. The Morgan fingerprint density at radius 2 is 1.58 bits per heavy atom. The van der Waals surface area contributed by atoms with Crippen LogP contribution in [0.5, 0.6) is 0 Å². The summed E-state index contributed by atoms with van der Waals surface area (Å²) in [6.07, 6.45) is 9.84. The molecule has 0 aromatic rings. The Morgan fingerprint density at radius 3 is 2.12 bits per heavy atom. The molecule has 0 spiro atoms. The fourth-order valence-electron chi connectivity index (χ4n) is 4.24. The lowest BCUT2D eigenvalue weighted by molar-refractivity contribution is -0.143. The number of carbonyl (C=O) groups is 1. The van der Waals surface area contributed by atoms with Gasteiger partial charge in [-0.05, 0) is 53.5 Å². The Kier molecular flexibility index (Phi) is 8.72. The van der Waals surface area contributed by atoms with E-state index in [1.165, 1.54) is 45.6 Å². The van der Waals surface area contributed by atoms with Crippen molar-refractivity contribution >= 4 is 5.97 Å². The molecule has 1 aliphatic heterocycles. The van der Waals surface area contributed by atoms with Gasteiger partial charge in [0.25, 0.3) is 0 Å². The first-order valence-electron chi connectivity index (χ1n) is 9.79. The van der Waals surface area contributed by atoms with Crippen molar-refractivity contribution < 1.29 is 9.53 Å². The van der Waals surface area contributed by atoms with E-state index in [1.807, 2.05) is 0 Å². The van der Waals surface area contributed by atoms with E-state index >= 15 is 0 Å². The van der Waals surface area contributed by atoms with Crippen LogP contribution in [0.15, 0.2) is 0 Å². The number of hydrogen-bond donors (Lipinski definition) is 1. The van der Waals surface area contributed by atoms with Crippen LogP contribution in [0.2, 0.25) is 0 Å². The van der Waals surface area contributed by atoms with Crippen LogP contribution in [0, 0.1) is 0 Å². The molecule has 1 aliphatic rings. The molecule has 0 atom stereocenters. The Hall–Kier alpha value is -0.610. The molecular weight excluding hydrogens is 300 g/mol. The van der Waals surface area contributed by atoms with Crippen LogP contribution < -0.4 is 5.32 Å². The van der Waals surface area contributed by atoms with Crippen molar-refractivity contribution in [1.82, 2.24) is 10.2 Å². The number of methoxy groups -OCH3 is 1. The minimum absolute atomic E-state index is 0.0991. The summed E-state index contributed by atoms with van der Waals surface area (Å²) in [6.45, 7) is 12.7. The molecule has 0 aliphatic carbocycles. The third-order valence-corrected chi connectivity index (χ3v) is 5.04. The predicted molar refractivity (Wildman–Crippen MR) is 101 cm³/mol. The number of hydrogen-bond acceptors (Lipinski definition) is 4. The van der Waals surface area contributed by atoms with Gasteiger partial charge in [-0.2, -0.15) is 0 Å². The minimum atomic E-state index is -0.116. The van der Waals surface area contributed by atoms with Crippen LogP contribution in [-0.4, -0.2) is 48.2 Å². The van der Waals surface area contributed by atoms with Gasteiger partial charge in [-0.25, -0.2) is 0 Å². The number of carbonyl (C=O) groups excluding carboxylic acids is 1. The smallest absolute Gasteiger partial charge is 0.319 e. The molecular formula is C20H40N2O2. The Bertz CT molecular complexity index is 364. The summed E-state index contributed by atoms with van der Waals surface area (Å²) in [5.41, 5.74) is 0.198. The van der Waals surface area contributed by atoms with Gasteiger partial charge in [0.05, 0.1) is 13.7 Å². The number of nitrogens with one attached hydrogen (secondary N) is 1. The molecule has 1 rings (SSSR count). The van der Waals surface area contributed by atoms with Crippen LogP contribution >= 0.6 is 0 Å². The van der Waals surface area contributed by atoms with Crippen molar-refractivity contribution in [3.05, 3.63) is 0 Å². The lowest BCUT2D eigenvalue weighted by Crippen LogP contribution is -2.62. The second-order valence-electron chi connectivity index (χ2n) is 8.77. The molecule has 0 saturated carbocycles. The molecule has 0 radical (unpaired) electrons. The molecule has 0 amide bonds. The SMILES string of the molecule is CCCCCCCCN(CC(=O)OC)C1CC(C)(C)NC(C)(C)C1. The standard InChI is InChI=1S/C20H40N2O2/c1-7-8-9-10-11-12-13-22(16-18(23)24-6)17-14-19(2,3)21-20(4,5)15-17/h17,21H,7-16H2,1-6H3. The van der Waals surface area contributed by atoms with Crippen LogP contribution in [0.4, 0.5) is 0 Å². The Morgan fingerprint density at radius 1 is 1.04 bits per heavy atom. The lowest BCUT2D eigenvalue weighted by atomic mass is 9.79. The monoisotopic (exact) mass is 340 g/mol. The highest BCUT2D eigenvalue weighted by molar-refractivity contribution is 5.71. The number of rotatable bonds is 10. The molecule has 24 heavy (non-hydrogen) atoms. The zero-order valence-corrected chi connectivity index (χ0v) is 16.9. The quantitative estimate of drug-likeness (QED) is 0.479. The van der Waals surface area contributed by atoms with E-state index in [2.05, 4.69) is 44.8 Å². The fraction of sp³-hybridized carbons (Fsp3) is 0.950. The summed E-state index contributed by atoms with van der Waals surface area (Å²) >= 11 is 0. The molecule has 1 N–H and O–H groups in total. The molecule has 0 unspecified atom stereocenters. The number of piperidine rings is 1. The first kappa shape index (κ1) is 21.4. The summed E-state index contributed by atoms with van der Waals surface area (Å²) in [4.78, 5) is 14.3. The molecule has 4 heteroatoms. The van der Waals surface area contributed by atoms with Crippen molar-refractivity contribution in [3.8, 4) is 0 Å². The van der Waals surface area contributed by atoms with E-state index in [0.29, 0.717) is 12.6 Å². The maximum Gasteiger partial charge on any atom is 0.319 e. The number of esters is 1. The van der Waals surface area contributed by atoms with Crippen LogP contribution in [-0.2, 0) is 9.53 Å². The van der Waals surface area contributed by atoms with Crippen molar-refractivity contribution in [1.29, 1.82) is 0 Å². The van der Waals surface area contributed by atoms with Gasteiger partial charge in [-0.1, -0.05) is 39.0 Å². The van der Waals surface area contributed by atoms with E-state index in [-0.39, 0.29) is 17.0 Å². The molecule has 1 fully saturated rings. The van der Waals surface area contributed by atoms with Gasteiger partial charge in [0, 0.05) is 17.1 Å². The summed E-state index contributed by atoms with van der Waals surface area (Å²) in [5.74, 6) is -0.116. The van der Waals surface area contributed by atoms with Crippen LogP contribution in [0.3, 0.4) is 0 Å². The molecule has 1 heterocycles. The van der Waals surface area contributed by atoms with E-state index in [1.54, 1.807) is 0 Å². The van der Waals surface area contributed by atoms with Gasteiger partial charge >= 0.3 is 5.97 Å². The van der Waals surface area contributed by atoms with Gasteiger partial charge < -0.3 is 10.1 Å². The molecule has 1 saturated heterocycles. The average Bonchev–Trinajstić information content (AvgIpc) is 2.46. The molecule has 142 valence electrons. The van der Waals surface area contributed by atoms with E-state index in [0.717, 1.165) is 19.4 Å². The lowest BCUT2D eigenvalue weighted by Gasteiger charge is -2.49. The molecule has 0 bridgehead atoms. The zero-order chi connectivity index (χ0) is 18.2. The van der Waals surface area contributed by atoms with E-state index in [4.69, 9.17) is 4.74 Å². The largest absolute Gasteiger partial charge is 0.468 e. The van der Waals surface area contributed by atoms with Gasteiger partial charge in [0.2, 0.25) is 0 Å².